The smallest absolute Gasteiger partial charge is 0.304 e. The molecule has 1 rings (SSSR count). The standard InChI is InChI=1S/C12H16O2S/c1-8-4-5-11(9(2)6-8)15-10(3)7-12(13)14/h4-6,10H,7H2,1-3H3,(H,13,14). The highest BCUT2D eigenvalue weighted by Gasteiger charge is 2.10. The molecule has 0 bridgehead atoms. The number of hydrogen-bond acceptors (Lipinski definition) is 2. The first-order valence-corrected chi connectivity index (χ1v) is 5.82. The molecular weight excluding hydrogens is 208 g/mol. The Morgan fingerprint density at radius 2 is 2.13 bits per heavy atom. The van der Waals surface area contributed by atoms with Crippen LogP contribution in [0.3, 0.4) is 0 Å². The van der Waals surface area contributed by atoms with E-state index in [1.807, 2.05) is 6.92 Å². The molecule has 0 fully saturated rings. The van der Waals surface area contributed by atoms with E-state index in [1.165, 1.54) is 16.0 Å². The molecule has 0 aliphatic carbocycles. The van der Waals surface area contributed by atoms with E-state index in [4.69, 9.17) is 5.11 Å². The van der Waals surface area contributed by atoms with Crippen LogP contribution in [0.15, 0.2) is 23.1 Å². The van der Waals surface area contributed by atoms with Crippen molar-refractivity contribution in [2.75, 3.05) is 0 Å². The number of hydrogen-bond donors (Lipinski definition) is 1. The first-order valence-electron chi connectivity index (χ1n) is 4.94. The van der Waals surface area contributed by atoms with Crippen molar-refractivity contribution in [3.63, 3.8) is 0 Å². The minimum absolute atomic E-state index is 0.115. The van der Waals surface area contributed by atoms with Gasteiger partial charge in [-0.3, -0.25) is 4.79 Å². The molecule has 0 saturated heterocycles. The van der Waals surface area contributed by atoms with E-state index in [1.54, 1.807) is 11.8 Å². The van der Waals surface area contributed by atoms with Crippen molar-refractivity contribution in [1.82, 2.24) is 0 Å². The van der Waals surface area contributed by atoms with Gasteiger partial charge in [0.1, 0.15) is 0 Å². The molecule has 0 amide bonds. The first-order chi connectivity index (χ1) is 6.99. The molecule has 82 valence electrons. The van der Waals surface area contributed by atoms with Gasteiger partial charge < -0.3 is 5.11 Å². The third kappa shape index (κ3) is 3.96. The number of carboxylic acids is 1. The highest BCUT2D eigenvalue weighted by atomic mass is 32.2. The van der Waals surface area contributed by atoms with Crippen LogP contribution >= 0.6 is 11.8 Å². The average molecular weight is 224 g/mol. The molecule has 0 saturated carbocycles. The van der Waals surface area contributed by atoms with E-state index in [-0.39, 0.29) is 11.7 Å². The molecule has 0 spiro atoms. The van der Waals surface area contributed by atoms with Gasteiger partial charge in [-0.15, -0.1) is 11.8 Å². The molecule has 1 N–H and O–H groups in total. The molecule has 0 heterocycles. The van der Waals surface area contributed by atoms with Crippen LogP contribution in [-0.4, -0.2) is 16.3 Å². The molecule has 0 aromatic heterocycles. The van der Waals surface area contributed by atoms with Crippen LogP contribution in [0.4, 0.5) is 0 Å². The fourth-order valence-electron chi connectivity index (χ4n) is 1.44. The Kier molecular flexibility index (Phi) is 4.21. The SMILES string of the molecule is Cc1ccc(SC(C)CC(=O)O)c(C)c1. The first kappa shape index (κ1) is 12.1. The number of rotatable bonds is 4. The van der Waals surface area contributed by atoms with Crippen LogP contribution in [0, 0.1) is 13.8 Å². The summed E-state index contributed by atoms with van der Waals surface area (Å²) in [4.78, 5) is 11.7. The van der Waals surface area contributed by atoms with Crippen molar-refractivity contribution in [3.05, 3.63) is 29.3 Å². The van der Waals surface area contributed by atoms with Gasteiger partial charge in [-0.25, -0.2) is 0 Å². The molecule has 0 radical (unpaired) electrons. The summed E-state index contributed by atoms with van der Waals surface area (Å²) in [5.41, 5.74) is 2.46. The van der Waals surface area contributed by atoms with Crippen LogP contribution in [0.2, 0.25) is 0 Å². The third-order valence-corrected chi connectivity index (χ3v) is 3.40. The van der Waals surface area contributed by atoms with Crippen molar-refractivity contribution in [2.24, 2.45) is 0 Å². The fraction of sp³-hybridized carbons (Fsp3) is 0.417. The van der Waals surface area contributed by atoms with Gasteiger partial charge in [-0.2, -0.15) is 0 Å². The second kappa shape index (κ2) is 5.21. The minimum atomic E-state index is -0.736. The molecule has 3 heteroatoms. The number of benzene rings is 1. The van der Waals surface area contributed by atoms with Crippen molar-refractivity contribution in [3.8, 4) is 0 Å². The van der Waals surface area contributed by atoms with E-state index < -0.39 is 5.97 Å². The summed E-state index contributed by atoms with van der Waals surface area (Å²) in [6, 6.07) is 6.24. The second-order valence-corrected chi connectivity index (χ2v) is 5.28. The van der Waals surface area contributed by atoms with Gasteiger partial charge in [-0.05, 0) is 25.5 Å². The maximum absolute atomic E-state index is 10.5. The lowest BCUT2D eigenvalue weighted by atomic mass is 10.2. The van der Waals surface area contributed by atoms with Crippen LogP contribution in [0.1, 0.15) is 24.5 Å². The van der Waals surface area contributed by atoms with Gasteiger partial charge in [0.05, 0.1) is 6.42 Å². The molecule has 0 aliphatic rings. The molecule has 1 aromatic carbocycles. The molecule has 1 atom stereocenters. The zero-order valence-electron chi connectivity index (χ0n) is 9.28. The Hall–Kier alpha value is -0.960. The molecule has 2 nitrogen and oxygen atoms in total. The van der Waals surface area contributed by atoms with E-state index in [0.29, 0.717) is 0 Å². The zero-order valence-corrected chi connectivity index (χ0v) is 10.1. The highest BCUT2D eigenvalue weighted by molar-refractivity contribution is 8.00. The molecule has 0 aliphatic heterocycles. The van der Waals surface area contributed by atoms with E-state index in [2.05, 4.69) is 32.0 Å². The van der Waals surface area contributed by atoms with Crippen molar-refractivity contribution < 1.29 is 9.90 Å². The van der Waals surface area contributed by atoms with Gasteiger partial charge in [0, 0.05) is 10.1 Å². The van der Waals surface area contributed by atoms with Gasteiger partial charge in [0.2, 0.25) is 0 Å². The summed E-state index contributed by atoms with van der Waals surface area (Å²) in [5.74, 6) is -0.736. The largest absolute Gasteiger partial charge is 0.481 e. The maximum Gasteiger partial charge on any atom is 0.304 e. The van der Waals surface area contributed by atoms with Crippen LogP contribution in [-0.2, 0) is 4.79 Å². The summed E-state index contributed by atoms with van der Waals surface area (Å²) >= 11 is 1.63. The molecule has 15 heavy (non-hydrogen) atoms. The Balaban J connectivity index is 2.68. The summed E-state index contributed by atoms with van der Waals surface area (Å²) in [7, 11) is 0. The summed E-state index contributed by atoms with van der Waals surface area (Å²) in [6.07, 6.45) is 0.206. The van der Waals surface area contributed by atoms with E-state index >= 15 is 0 Å². The Morgan fingerprint density at radius 3 is 2.67 bits per heavy atom. The lowest BCUT2D eigenvalue weighted by Crippen LogP contribution is -2.05. The number of carboxylic acid groups (broad SMARTS) is 1. The van der Waals surface area contributed by atoms with E-state index in [0.717, 1.165) is 0 Å². The predicted molar refractivity (Wildman–Crippen MR) is 63.5 cm³/mol. The fourth-order valence-corrected chi connectivity index (χ4v) is 2.49. The number of carbonyl (C=O) groups is 1. The van der Waals surface area contributed by atoms with Crippen molar-refractivity contribution in [1.29, 1.82) is 0 Å². The Labute approximate surface area is 94.7 Å². The molecule has 1 unspecified atom stereocenters. The topological polar surface area (TPSA) is 37.3 Å². The zero-order chi connectivity index (χ0) is 11.4. The number of aliphatic carboxylic acids is 1. The summed E-state index contributed by atoms with van der Waals surface area (Å²) in [5, 5.41) is 8.78. The van der Waals surface area contributed by atoms with Crippen LogP contribution in [0.5, 0.6) is 0 Å². The lowest BCUT2D eigenvalue weighted by Gasteiger charge is -2.11. The Morgan fingerprint density at radius 1 is 1.47 bits per heavy atom. The quantitative estimate of drug-likeness (QED) is 0.798. The van der Waals surface area contributed by atoms with Gasteiger partial charge in [-0.1, -0.05) is 24.6 Å². The molecular formula is C12H16O2S. The summed E-state index contributed by atoms with van der Waals surface area (Å²) in [6.45, 7) is 6.06. The number of thioether (sulfide) groups is 1. The van der Waals surface area contributed by atoms with Crippen LogP contribution < -0.4 is 0 Å². The number of aryl methyl sites for hydroxylation is 2. The van der Waals surface area contributed by atoms with Gasteiger partial charge in [0.25, 0.3) is 0 Å². The second-order valence-electron chi connectivity index (χ2n) is 3.80. The summed E-state index contributed by atoms with van der Waals surface area (Å²) < 4.78 is 0. The lowest BCUT2D eigenvalue weighted by molar-refractivity contribution is -0.136. The van der Waals surface area contributed by atoms with Gasteiger partial charge in [0.15, 0.2) is 0 Å². The minimum Gasteiger partial charge on any atom is -0.481 e. The Bertz CT molecular complexity index is 361. The van der Waals surface area contributed by atoms with Gasteiger partial charge >= 0.3 is 5.97 Å². The van der Waals surface area contributed by atoms with Crippen molar-refractivity contribution in [2.45, 2.75) is 37.3 Å². The maximum atomic E-state index is 10.5. The highest BCUT2D eigenvalue weighted by Crippen LogP contribution is 2.28. The third-order valence-electron chi connectivity index (χ3n) is 2.12. The average Bonchev–Trinajstić information content (AvgIpc) is 2.08. The molecule has 1 aromatic rings. The van der Waals surface area contributed by atoms with Crippen LogP contribution in [0.25, 0.3) is 0 Å². The monoisotopic (exact) mass is 224 g/mol. The normalized spacial score (nSPS) is 12.5. The van der Waals surface area contributed by atoms with E-state index in [9.17, 15) is 4.79 Å². The van der Waals surface area contributed by atoms with Crippen molar-refractivity contribution >= 4 is 17.7 Å². The predicted octanol–water partition coefficient (Wildman–Crippen LogP) is 3.26.